The van der Waals surface area contributed by atoms with Crippen LogP contribution in [0.4, 0.5) is 5.69 Å². The highest BCUT2D eigenvalue weighted by molar-refractivity contribution is 7.91. The quantitative estimate of drug-likeness (QED) is 0.324. The van der Waals surface area contributed by atoms with Gasteiger partial charge in [-0.3, -0.25) is 9.10 Å². The average Bonchev–Trinajstić information content (AvgIpc) is 2.93. The molecule has 0 aliphatic rings. The van der Waals surface area contributed by atoms with Crippen LogP contribution in [-0.4, -0.2) is 56.6 Å². The van der Waals surface area contributed by atoms with Crippen LogP contribution in [0.1, 0.15) is 30.9 Å². The number of rotatable bonds is 14. The van der Waals surface area contributed by atoms with Crippen LogP contribution >= 0.6 is 0 Å². The first kappa shape index (κ1) is 29.2. The number of aliphatic hydroxyl groups excluding tert-OH is 1. The van der Waals surface area contributed by atoms with E-state index in [9.17, 15) is 18.3 Å². The summed E-state index contributed by atoms with van der Waals surface area (Å²) in [5.41, 5.74) is 2.19. The molecule has 0 bridgehead atoms. The third kappa shape index (κ3) is 7.56. The molecule has 38 heavy (non-hydrogen) atoms. The van der Waals surface area contributed by atoms with Gasteiger partial charge < -0.3 is 15.2 Å². The van der Waals surface area contributed by atoms with Gasteiger partial charge in [-0.25, -0.2) is 4.31 Å². The topological polar surface area (TPSA) is 99.2 Å². The van der Waals surface area contributed by atoms with Gasteiger partial charge in [-0.15, -0.1) is 0 Å². The normalized spacial score (nSPS) is 12.9. The summed E-state index contributed by atoms with van der Waals surface area (Å²) in [6.45, 7) is 2.34. The molecular formula is C29H37N3O5S. The van der Waals surface area contributed by atoms with Gasteiger partial charge in [0.15, 0.2) is 0 Å². The zero-order valence-corrected chi connectivity index (χ0v) is 23.0. The molecule has 0 fully saturated rings. The summed E-state index contributed by atoms with van der Waals surface area (Å²) in [7, 11) is -1.30. The molecule has 204 valence electrons. The van der Waals surface area contributed by atoms with Crippen LogP contribution in [-0.2, 0) is 28.0 Å². The van der Waals surface area contributed by atoms with Crippen LogP contribution in [0.25, 0.3) is 0 Å². The number of nitrogens with one attached hydrogen (secondary N) is 1. The van der Waals surface area contributed by atoms with E-state index in [1.54, 1.807) is 37.4 Å². The number of nitrogens with zero attached hydrogens (tertiary/aromatic N) is 2. The fourth-order valence-electron chi connectivity index (χ4n) is 4.23. The number of anilines is 1. The van der Waals surface area contributed by atoms with E-state index in [1.807, 2.05) is 61.5 Å². The van der Waals surface area contributed by atoms with Gasteiger partial charge in [0.25, 0.3) is 0 Å². The van der Waals surface area contributed by atoms with Crippen LogP contribution < -0.4 is 14.4 Å². The Morgan fingerprint density at radius 1 is 0.974 bits per heavy atom. The molecule has 9 heteroatoms. The molecule has 2 atom stereocenters. The molecule has 3 rings (SSSR count). The Hall–Kier alpha value is -3.40. The summed E-state index contributed by atoms with van der Waals surface area (Å²) >= 11 is 0. The van der Waals surface area contributed by atoms with Crippen molar-refractivity contribution in [3.05, 3.63) is 96.1 Å². The number of ether oxygens (including phenoxy) is 1. The lowest BCUT2D eigenvalue weighted by molar-refractivity contribution is -0.129. The molecule has 3 aromatic rings. The Balaban J connectivity index is 1.92. The Bertz CT molecular complexity index is 1260. The van der Waals surface area contributed by atoms with Crippen molar-refractivity contribution in [1.29, 1.82) is 0 Å². The van der Waals surface area contributed by atoms with Crippen LogP contribution in [0.15, 0.2) is 84.9 Å². The molecule has 0 radical (unpaired) electrons. The molecular weight excluding hydrogens is 502 g/mol. The van der Waals surface area contributed by atoms with Gasteiger partial charge in [0.1, 0.15) is 5.75 Å². The smallest absolute Gasteiger partial charge is 0.328 e. The SMILES string of the molecule is CCCC(=O)N([C@@H](Cc1ccccc1)[C@H](O)CNCc1cccc(OC)c1)S(=O)(=O)N(C)c1ccccc1. The Morgan fingerprint density at radius 3 is 2.24 bits per heavy atom. The fraction of sp³-hybridized carbons (Fsp3) is 0.345. The number of aliphatic hydroxyl groups is 1. The van der Waals surface area contributed by atoms with Crippen LogP contribution in [0.3, 0.4) is 0 Å². The average molecular weight is 540 g/mol. The zero-order valence-electron chi connectivity index (χ0n) is 22.2. The summed E-state index contributed by atoms with van der Waals surface area (Å²) in [4.78, 5) is 13.4. The third-order valence-corrected chi connectivity index (χ3v) is 8.15. The molecule has 0 aromatic heterocycles. The van der Waals surface area contributed by atoms with E-state index in [1.165, 1.54) is 7.05 Å². The molecule has 0 saturated heterocycles. The number of carbonyl (C=O) groups is 1. The van der Waals surface area contributed by atoms with E-state index in [-0.39, 0.29) is 19.4 Å². The molecule has 8 nitrogen and oxygen atoms in total. The zero-order chi connectivity index (χ0) is 27.5. The minimum atomic E-state index is -4.31. The number of benzene rings is 3. The highest BCUT2D eigenvalue weighted by Gasteiger charge is 2.40. The minimum absolute atomic E-state index is 0.0388. The van der Waals surface area contributed by atoms with Crippen molar-refractivity contribution in [3.8, 4) is 5.75 Å². The maximum Gasteiger partial charge on any atom is 0.328 e. The number of hydrogen-bond acceptors (Lipinski definition) is 6. The predicted molar refractivity (Wildman–Crippen MR) is 150 cm³/mol. The first-order valence-electron chi connectivity index (χ1n) is 12.7. The highest BCUT2D eigenvalue weighted by atomic mass is 32.2. The van der Waals surface area contributed by atoms with Gasteiger partial charge in [-0.2, -0.15) is 8.42 Å². The maximum atomic E-state index is 13.9. The van der Waals surface area contributed by atoms with E-state index in [4.69, 9.17) is 4.74 Å². The van der Waals surface area contributed by atoms with Gasteiger partial charge >= 0.3 is 10.2 Å². The number of amides is 1. The van der Waals surface area contributed by atoms with Gasteiger partial charge in [0.2, 0.25) is 5.91 Å². The molecule has 0 saturated carbocycles. The number of para-hydroxylation sites is 1. The lowest BCUT2D eigenvalue weighted by atomic mass is 10.0. The van der Waals surface area contributed by atoms with Crippen LogP contribution in [0.5, 0.6) is 5.75 Å². The van der Waals surface area contributed by atoms with Crippen molar-refractivity contribution in [2.75, 3.05) is 25.0 Å². The molecule has 0 aliphatic carbocycles. The summed E-state index contributed by atoms with van der Waals surface area (Å²) in [5.74, 6) is 0.168. The first-order chi connectivity index (χ1) is 18.3. The van der Waals surface area contributed by atoms with Crippen molar-refractivity contribution < 1.29 is 23.1 Å². The third-order valence-electron chi connectivity index (χ3n) is 6.27. The van der Waals surface area contributed by atoms with Crippen molar-refractivity contribution in [2.24, 2.45) is 0 Å². The molecule has 0 heterocycles. The standard InChI is InChI=1S/C29H37N3O5S/c1-4-12-29(34)32(38(35,36)31(2)25-16-9-6-10-17-25)27(20-23-13-7-5-8-14-23)28(33)22-30-21-24-15-11-18-26(19-24)37-3/h5-11,13-19,27-28,30,33H,4,12,20-22H2,1-3H3/t27-,28+/m0/s1. The second-order valence-electron chi connectivity index (χ2n) is 9.06. The molecule has 0 unspecified atom stereocenters. The Kier molecular flexibility index (Phi) is 10.7. The van der Waals surface area contributed by atoms with E-state index in [0.717, 1.165) is 25.5 Å². The molecule has 0 spiro atoms. The lowest BCUT2D eigenvalue weighted by Crippen LogP contribution is -2.57. The summed E-state index contributed by atoms with van der Waals surface area (Å²) < 4.78 is 35.1. The second-order valence-corrected chi connectivity index (χ2v) is 10.9. The maximum absolute atomic E-state index is 13.9. The monoisotopic (exact) mass is 539 g/mol. The molecule has 1 amide bonds. The summed E-state index contributed by atoms with van der Waals surface area (Å²) in [5, 5.41) is 14.6. The van der Waals surface area contributed by atoms with Crippen LogP contribution in [0.2, 0.25) is 0 Å². The molecule has 0 aliphatic heterocycles. The molecule has 2 N–H and O–H groups in total. The predicted octanol–water partition coefficient (Wildman–Crippen LogP) is 3.77. The molecule has 3 aromatic carbocycles. The van der Waals surface area contributed by atoms with Crippen molar-refractivity contribution in [3.63, 3.8) is 0 Å². The van der Waals surface area contributed by atoms with Gasteiger partial charge in [-0.1, -0.05) is 67.6 Å². The van der Waals surface area contributed by atoms with Crippen molar-refractivity contribution >= 4 is 21.8 Å². The van der Waals surface area contributed by atoms with Gasteiger partial charge in [0.05, 0.1) is 24.9 Å². The van der Waals surface area contributed by atoms with Crippen molar-refractivity contribution in [2.45, 2.75) is 44.9 Å². The van der Waals surface area contributed by atoms with E-state index >= 15 is 0 Å². The lowest BCUT2D eigenvalue weighted by Gasteiger charge is -2.37. The van der Waals surface area contributed by atoms with E-state index in [0.29, 0.717) is 18.7 Å². The van der Waals surface area contributed by atoms with Gasteiger partial charge in [0, 0.05) is 26.6 Å². The summed E-state index contributed by atoms with van der Waals surface area (Å²) in [6, 6.07) is 24.4. The van der Waals surface area contributed by atoms with Gasteiger partial charge in [-0.05, 0) is 48.2 Å². The number of hydrogen-bond donors (Lipinski definition) is 2. The number of methoxy groups -OCH3 is 1. The number of carbonyl (C=O) groups excluding carboxylic acids is 1. The minimum Gasteiger partial charge on any atom is -0.497 e. The highest BCUT2D eigenvalue weighted by Crippen LogP contribution is 2.24. The fourth-order valence-corrected chi connectivity index (χ4v) is 5.78. The largest absolute Gasteiger partial charge is 0.497 e. The van der Waals surface area contributed by atoms with Crippen LogP contribution in [0, 0.1) is 0 Å². The van der Waals surface area contributed by atoms with Crippen molar-refractivity contribution in [1.82, 2.24) is 9.62 Å². The summed E-state index contributed by atoms with van der Waals surface area (Å²) in [6.07, 6.45) is -0.486. The van der Waals surface area contributed by atoms with E-state index < -0.39 is 28.3 Å². The Labute approximate surface area is 226 Å². The second kappa shape index (κ2) is 13.9. The Morgan fingerprint density at radius 2 is 1.61 bits per heavy atom. The first-order valence-corrected chi connectivity index (χ1v) is 14.1. The van der Waals surface area contributed by atoms with E-state index in [2.05, 4.69) is 5.32 Å².